The van der Waals surface area contributed by atoms with Crippen molar-refractivity contribution in [3.05, 3.63) is 0 Å². The Morgan fingerprint density at radius 1 is 0.833 bits per heavy atom. The van der Waals surface area contributed by atoms with Crippen molar-refractivity contribution in [3.63, 3.8) is 0 Å². The topological polar surface area (TPSA) is 105 Å². The minimum Gasteiger partial charge on any atom is -0.480 e. The zero-order valence-electron chi connectivity index (χ0n) is 27.6. The third kappa shape index (κ3) is 4.44. The largest absolute Gasteiger partial charge is 0.480 e. The predicted octanol–water partition coefficient (Wildman–Crippen LogP) is 7.04. The second kappa shape index (κ2) is 10.7. The first-order chi connectivity index (χ1) is 19.6. The van der Waals surface area contributed by atoms with Crippen molar-refractivity contribution in [1.82, 2.24) is 10.6 Å². The molecule has 0 heterocycles. The van der Waals surface area contributed by atoms with Crippen molar-refractivity contribution in [2.24, 2.45) is 62.6 Å². The highest BCUT2D eigenvalue weighted by molar-refractivity contribution is 5.86. The average molecular weight is 587 g/mol. The van der Waals surface area contributed by atoms with Gasteiger partial charge < -0.3 is 20.5 Å². The Morgan fingerprint density at radius 3 is 2.19 bits per heavy atom. The summed E-state index contributed by atoms with van der Waals surface area (Å²) in [7, 11) is 0. The van der Waals surface area contributed by atoms with Crippen molar-refractivity contribution in [3.8, 4) is 0 Å². The van der Waals surface area contributed by atoms with Crippen molar-refractivity contribution in [2.45, 2.75) is 126 Å². The predicted molar refractivity (Wildman–Crippen MR) is 164 cm³/mol. The van der Waals surface area contributed by atoms with Gasteiger partial charge in [0.25, 0.3) is 0 Å². The zero-order valence-corrected chi connectivity index (χ0v) is 27.6. The van der Waals surface area contributed by atoms with Gasteiger partial charge in [0.2, 0.25) is 5.91 Å². The Kier molecular flexibility index (Phi) is 8.04. The van der Waals surface area contributed by atoms with Crippen LogP contribution in [0.3, 0.4) is 0 Å². The second-order valence-corrected chi connectivity index (χ2v) is 16.7. The summed E-state index contributed by atoms with van der Waals surface area (Å²) < 4.78 is 6.03. The SMILES string of the molecule is CCNC(=O)O[C@@H]1CC[C@]2(C)[C@H]3CC[C@@H]4[C@H]5[C@H](C(C)C)CC[C@]5(C(=O)NCC(=O)O)CC[C@@]4(C)[C@]3(C)CC[C@H]2C1(C)C. The molecule has 2 amide bonds. The molecule has 7 heteroatoms. The molecule has 42 heavy (non-hydrogen) atoms. The van der Waals surface area contributed by atoms with Gasteiger partial charge in [-0.25, -0.2) is 4.79 Å². The molecule has 0 aliphatic heterocycles. The maximum Gasteiger partial charge on any atom is 0.407 e. The zero-order chi connectivity index (χ0) is 30.9. The Labute approximate surface area is 254 Å². The minimum atomic E-state index is -0.970. The maximum absolute atomic E-state index is 13.9. The number of carboxylic acids is 1. The summed E-state index contributed by atoms with van der Waals surface area (Å²) in [5.74, 6) is 1.91. The lowest BCUT2D eigenvalue weighted by molar-refractivity contribution is -0.247. The molecule has 0 spiro atoms. The highest BCUT2D eigenvalue weighted by atomic mass is 16.6. The number of hydrogen-bond donors (Lipinski definition) is 3. The fourth-order valence-corrected chi connectivity index (χ4v) is 12.6. The number of carbonyl (C=O) groups excluding carboxylic acids is 2. The van der Waals surface area contributed by atoms with E-state index in [0.29, 0.717) is 42.1 Å². The van der Waals surface area contributed by atoms with E-state index < -0.39 is 11.4 Å². The molecule has 3 N–H and O–H groups in total. The van der Waals surface area contributed by atoms with E-state index in [4.69, 9.17) is 4.74 Å². The van der Waals surface area contributed by atoms with Crippen LogP contribution in [-0.2, 0) is 14.3 Å². The van der Waals surface area contributed by atoms with Crippen LogP contribution in [0.25, 0.3) is 0 Å². The highest BCUT2D eigenvalue weighted by Gasteiger charge is 2.72. The van der Waals surface area contributed by atoms with Gasteiger partial charge in [-0.15, -0.1) is 0 Å². The van der Waals surface area contributed by atoms with E-state index in [-0.39, 0.29) is 46.3 Å². The van der Waals surface area contributed by atoms with Crippen LogP contribution in [0, 0.1) is 62.6 Å². The van der Waals surface area contributed by atoms with Crippen LogP contribution < -0.4 is 10.6 Å². The Morgan fingerprint density at radius 2 is 1.55 bits per heavy atom. The van der Waals surface area contributed by atoms with Crippen molar-refractivity contribution < 1.29 is 24.2 Å². The first-order valence-corrected chi connectivity index (χ1v) is 17.0. The molecule has 0 aromatic heterocycles. The standard InChI is InChI=1S/C35H58N2O5/c1-9-36-30(41)42-26-14-15-32(6)24(31(26,4)5)13-16-34(8)25(32)11-10-23-28-22(21(2)3)12-17-35(28,19-18-33(23,34)7)29(40)37-20-27(38)39/h21-26,28H,9-20H2,1-8H3,(H,36,41)(H,37,40)(H,38,39)/t22-,23+,24-,25+,26+,28+,32-,33+,34+,35-/m0/s1. The fraction of sp³-hybridized carbons (Fsp3) is 0.914. The second-order valence-electron chi connectivity index (χ2n) is 16.7. The number of fused-ring (bicyclic) bond motifs is 7. The van der Waals surface area contributed by atoms with E-state index in [0.717, 1.165) is 51.4 Å². The van der Waals surface area contributed by atoms with Crippen LogP contribution in [0.5, 0.6) is 0 Å². The molecule has 5 rings (SSSR count). The molecular formula is C35H58N2O5. The number of aliphatic carboxylic acids is 1. The number of hydrogen-bond acceptors (Lipinski definition) is 4. The summed E-state index contributed by atoms with van der Waals surface area (Å²) in [4.78, 5) is 37.7. The van der Waals surface area contributed by atoms with Crippen LogP contribution in [0.4, 0.5) is 4.79 Å². The molecule has 0 bridgehead atoms. The summed E-state index contributed by atoms with van der Waals surface area (Å²) >= 11 is 0. The van der Waals surface area contributed by atoms with Crippen LogP contribution in [-0.4, -0.2) is 42.3 Å². The molecule has 5 aliphatic rings. The van der Waals surface area contributed by atoms with Gasteiger partial charge in [0, 0.05) is 12.0 Å². The molecule has 238 valence electrons. The van der Waals surface area contributed by atoms with Gasteiger partial charge in [0.15, 0.2) is 0 Å². The molecule has 0 aromatic rings. The summed E-state index contributed by atoms with van der Waals surface area (Å²) in [6, 6.07) is 0. The van der Waals surface area contributed by atoms with E-state index in [1.807, 2.05) is 6.92 Å². The molecule has 0 aromatic carbocycles. The first kappa shape index (κ1) is 31.6. The number of nitrogens with one attached hydrogen (secondary N) is 2. The van der Waals surface area contributed by atoms with E-state index in [9.17, 15) is 19.5 Å². The molecule has 7 nitrogen and oxygen atoms in total. The summed E-state index contributed by atoms with van der Waals surface area (Å²) in [5, 5.41) is 15.0. The normalized spacial score (nSPS) is 45.5. The van der Waals surface area contributed by atoms with Crippen LogP contribution >= 0.6 is 0 Å². The lowest BCUT2D eigenvalue weighted by Gasteiger charge is -2.73. The van der Waals surface area contributed by atoms with Crippen molar-refractivity contribution >= 4 is 18.0 Å². The first-order valence-electron chi connectivity index (χ1n) is 17.0. The Bertz CT molecular complexity index is 1090. The number of amides is 2. The smallest absolute Gasteiger partial charge is 0.407 e. The van der Waals surface area contributed by atoms with Gasteiger partial charge in [0.05, 0.1) is 5.41 Å². The van der Waals surface area contributed by atoms with Gasteiger partial charge in [0.1, 0.15) is 12.6 Å². The minimum absolute atomic E-state index is 0.00442. The molecule has 5 fully saturated rings. The molecule has 0 saturated heterocycles. The van der Waals surface area contributed by atoms with E-state index in [1.165, 1.54) is 12.8 Å². The van der Waals surface area contributed by atoms with Crippen LogP contribution in [0.15, 0.2) is 0 Å². The third-order valence-corrected chi connectivity index (χ3v) is 14.7. The summed E-state index contributed by atoms with van der Waals surface area (Å²) in [6.45, 7) is 19.3. The number of carboxylic acid groups (broad SMARTS) is 1. The fourth-order valence-electron chi connectivity index (χ4n) is 12.6. The van der Waals surface area contributed by atoms with Gasteiger partial charge in [-0.2, -0.15) is 0 Å². The summed E-state index contributed by atoms with van der Waals surface area (Å²) in [6.07, 6.45) is 10.2. The van der Waals surface area contributed by atoms with Crippen molar-refractivity contribution in [2.75, 3.05) is 13.1 Å². The number of ether oxygens (including phenoxy) is 1. The number of carbonyl (C=O) groups is 3. The molecule has 5 saturated carbocycles. The maximum atomic E-state index is 13.9. The summed E-state index contributed by atoms with van der Waals surface area (Å²) in [5.41, 5.74) is -0.0177. The van der Waals surface area contributed by atoms with Gasteiger partial charge in [-0.05, 0) is 123 Å². The van der Waals surface area contributed by atoms with Crippen molar-refractivity contribution in [1.29, 1.82) is 0 Å². The number of alkyl carbamates (subject to hydrolysis) is 1. The Hall–Kier alpha value is -1.79. The third-order valence-electron chi connectivity index (χ3n) is 14.7. The van der Waals surface area contributed by atoms with E-state index in [1.54, 1.807) is 0 Å². The van der Waals surface area contributed by atoms with E-state index in [2.05, 4.69) is 59.1 Å². The molecule has 0 radical (unpaired) electrons. The molecule has 5 aliphatic carbocycles. The van der Waals surface area contributed by atoms with Crippen LogP contribution in [0.2, 0.25) is 0 Å². The monoisotopic (exact) mass is 586 g/mol. The lowest BCUT2D eigenvalue weighted by Crippen LogP contribution is -2.67. The lowest BCUT2D eigenvalue weighted by atomic mass is 9.32. The van der Waals surface area contributed by atoms with Gasteiger partial charge >= 0.3 is 12.1 Å². The quantitative estimate of drug-likeness (QED) is 0.310. The van der Waals surface area contributed by atoms with Crippen LogP contribution in [0.1, 0.15) is 120 Å². The van der Waals surface area contributed by atoms with Gasteiger partial charge in [-0.3, -0.25) is 9.59 Å². The van der Waals surface area contributed by atoms with Gasteiger partial charge in [-0.1, -0.05) is 48.5 Å². The molecule has 0 unspecified atom stereocenters. The molecular weight excluding hydrogens is 528 g/mol. The highest BCUT2D eigenvalue weighted by Crippen LogP contribution is 2.77. The Balaban J connectivity index is 1.46. The average Bonchev–Trinajstić information content (AvgIpc) is 3.31. The molecule has 10 atom stereocenters. The van der Waals surface area contributed by atoms with E-state index >= 15 is 0 Å². The number of rotatable bonds is 6.